The summed E-state index contributed by atoms with van der Waals surface area (Å²) in [5.74, 6) is 3.28. The molecule has 5 nitrogen and oxygen atoms in total. The van der Waals surface area contributed by atoms with Crippen LogP contribution in [-0.4, -0.2) is 29.8 Å². The lowest BCUT2D eigenvalue weighted by molar-refractivity contribution is 0.383. The molecule has 0 radical (unpaired) electrons. The van der Waals surface area contributed by atoms with Gasteiger partial charge in [-0.1, -0.05) is 39.0 Å². The summed E-state index contributed by atoms with van der Waals surface area (Å²) >= 11 is 1.82. The van der Waals surface area contributed by atoms with Gasteiger partial charge in [0.05, 0.1) is 6.20 Å². The molecule has 2 N–H and O–H groups in total. The van der Waals surface area contributed by atoms with Gasteiger partial charge >= 0.3 is 0 Å². The third-order valence-corrected chi connectivity index (χ3v) is 4.43. The molecule has 0 aliphatic carbocycles. The minimum Gasteiger partial charge on any atom is -0.443 e. The van der Waals surface area contributed by atoms with Gasteiger partial charge in [-0.3, -0.25) is 0 Å². The van der Waals surface area contributed by atoms with Crippen LogP contribution in [0.2, 0.25) is 0 Å². The van der Waals surface area contributed by atoms with Gasteiger partial charge in [0.1, 0.15) is 12.3 Å². The van der Waals surface area contributed by atoms with Crippen LogP contribution >= 0.6 is 11.8 Å². The molecule has 25 heavy (non-hydrogen) atoms. The van der Waals surface area contributed by atoms with Gasteiger partial charge in [-0.25, -0.2) is 9.98 Å². The highest BCUT2D eigenvalue weighted by molar-refractivity contribution is 7.99. The molecule has 0 amide bonds. The number of aromatic nitrogens is 1. The smallest absolute Gasteiger partial charge is 0.216 e. The summed E-state index contributed by atoms with van der Waals surface area (Å²) in [6, 6.07) is 10.4. The predicted octanol–water partition coefficient (Wildman–Crippen LogP) is 3.82. The number of nitrogens with zero attached hydrogens (tertiary/aromatic N) is 2. The van der Waals surface area contributed by atoms with Crippen LogP contribution < -0.4 is 10.6 Å². The zero-order valence-electron chi connectivity index (χ0n) is 15.5. The molecular weight excluding hydrogens is 332 g/mol. The standard InChI is InChI=1S/C19H28N4OS/c1-5-20-18(21-11-12-25-15-9-7-6-8-10-15)23-14-17-22-13-16(24-17)19(2,3)4/h6-10,13H,5,11-12,14H2,1-4H3,(H2,20,21,23). The second-order valence-electron chi connectivity index (χ2n) is 6.65. The van der Waals surface area contributed by atoms with Crippen molar-refractivity contribution in [3.63, 3.8) is 0 Å². The van der Waals surface area contributed by atoms with Crippen LogP contribution in [0.5, 0.6) is 0 Å². The van der Waals surface area contributed by atoms with Gasteiger partial charge in [-0.15, -0.1) is 11.8 Å². The molecule has 0 saturated carbocycles. The number of guanidine groups is 1. The molecule has 0 spiro atoms. The second-order valence-corrected chi connectivity index (χ2v) is 7.82. The summed E-state index contributed by atoms with van der Waals surface area (Å²) in [5.41, 5.74) is -0.0353. The van der Waals surface area contributed by atoms with Gasteiger partial charge in [0.2, 0.25) is 5.89 Å². The molecule has 0 aliphatic heterocycles. The predicted molar refractivity (Wildman–Crippen MR) is 105 cm³/mol. The van der Waals surface area contributed by atoms with E-state index >= 15 is 0 Å². The van der Waals surface area contributed by atoms with Gasteiger partial charge in [0.15, 0.2) is 5.96 Å². The van der Waals surface area contributed by atoms with Crippen LogP contribution in [0.15, 0.2) is 50.8 Å². The molecule has 2 rings (SSSR count). The molecule has 0 aliphatic rings. The van der Waals surface area contributed by atoms with Crippen molar-refractivity contribution in [2.45, 2.75) is 44.6 Å². The number of oxazole rings is 1. The summed E-state index contributed by atoms with van der Waals surface area (Å²) in [7, 11) is 0. The van der Waals surface area contributed by atoms with Crippen molar-refractivity contribution in [2.75, 3.05) is 18.8 Å². The van der Waals surface area contributed by atoms with E-state index in [0.29, 0.717) is 12.4 Å². The molecule has 1 aromatic carbocycles. The molecule has 136 valence electrons. The van der Waals surface area contributed by atoms with Crippen LogP contribution in [0.25, 0.3) is 0 Å². The fourth-order valence-electron chi connectivity index (χ4n) is 2.07. The summed E-state index contributed by atoms with van der Waals surface area (Å²) in [4.78, 5) is 10.1. The third kappa shape index (κ3) is 6.82. The van der Waals surface area contributed by atoms with E-state index in [4.69, 9.17) is 4.42 Å². The molecular formula is C19H28N4OS. The third-order valence-electron chi connectivity index (χ3n) is 3.42. The Morgan fingerprint density at radius 3 is 2.60 bits per heavy atom. The van der Waals surface area contributed by atoms with Gasteiger partial charge in [0.25, 0.3) is 0 Å². The van der Waals surface area contributed by atoms with Crippen LogP contribution in [0.3, 0.4) is 0 Å². The highest BCUT2D eigenvalue weighted by Crippen LogP contribution is 2.22. The van der Waals surface area contributed by atoms with Crippen LogP contribution in [0.4, 0.5) is 0 Å². The molecule has 0 fully saturated rings. The Bertz CT molecular complexity index is 662. The van der Waals surface area contributed by atoms with E-state index in [-0.39, 0.29) is 5.41 Å². The number of aliphatic imine (C=N–C) groups is 1. The largest absolute Gasteiger partial charge is 0.443 e. The van der Waals surface area contributed by atoms with Crippen molar-refractivity contribution in [2.24, 2.45) is 4.99 Å². The van der Waals surface area contributed by atoms with Gasteiger partial charge in [0, 0.05) is 29.2 Å². The van der Waals surface area contributed by atoms with Crippen molar-refractivity contribution in [3.8, 4) is 0 Å². The van der Waals surface area contributed by atoms with Gasteiger partial charge in [-0.2, -0.15) is 0 Å². The van der Waals surface area contributed by atoms with Crippen molar-refractivity contribution in [1.29, 1.82) is 0 Å². The fraction of sp³-hybridized carbons (Fsp3) is 0.474. The molecule has 0 bridgehead atoms. The molecule has 0 unspecified atom stereocenters. The first-order valence-electron chi connectivity index (χ1n) is 8.64. The lowest BCUT2D eigenvalue weighted by atomic mass is 9.94. The summed E-state index contributed by atoms with van der Waals surface area (Å²) in [6.07, 6.45) is 1.79. The van der Waals surface area contributed by atoms with Crippen LogP contribution in [-0.2, 0) is 12.0 Å². The highest BCUT2D eigenvalue weighted by atomic mass is 32.2. The number of hydrogen-bond donors (Lipinski definition) is 2. The van der Waals surface area contributed by atoms with Gasteiger partial charge in [-0.05, 0) is 19.1 Å². The maximum atomic E-state index is 5.78. The molecule has 2 aromatic rings. The van der Waals surface area contributed by atoms with E-state index in [9.17, 15) is 0 Å². The molecule has 1 aromatic heterocycles. The summed E-state index contributed by atoms with van der Waals surface area (Å²) in [5, 5.41) is 6.60. The minimum atomic E-state index is -0.0353. The molecule has 0 atom stereocenters. The Balaban J connectivity index is 1.82. The average molecular weight is 361 g/mol. The first-order valence-corrected chi connectivity index (χ1v) is 9.63. The van der Waals surface area contributed by atoms with E-state index < -0.39 is 0 Å². The van der Waals surface area contributed by atoms with Crippen LogP contribution in [0.1, 0.15) is 39.3 Å². The normalized spacial score (nSPS) is 12.2. The van der Waals surface area contributed by atoms with E-state index in [1.54, 1.807) is 6.20 Å². The Morgan fingerprint density at radius 1 is 1.20 bits per heavy atom. The van der Waals surface area contributed by atoms with E-state index in [0.717, 1.165) is 30.6 Å². The summed E-state index contributed by atoms with van der Waals surface area (Å²) in [6.45, 7) is 10.5. The van der Waals surface area contributed by atoms with Gasteiger partial charge < -0.3 is 15.1 Å². The molecule has 6 heteroatoms. The Hall–Kier alpha value is -1.95. The Kier molecular flexibility index (Phi) is 7.37. The Morgan fingerprint density at radius 2 is 1.96 bits per heavy atom. The van der Waals surface area contributed by atoms with Crippen molar-refractivity contribution in [1.82, 2.24) is 15.6 Å². The number of thioether (sulfide) groups is 1. The van der Waals surface area contributed by atoms with Crippen molar-refractivity contribution < 1.29 is 4.42 Å². The fourth-order valence-corrected chi connectivity index (χ4v) is 2.86. The highest BCUT2D eigenvalue weighted by Gasteiger charge is 2.18. The molecule has 1 heterocycles. The maximum absolute atomic E-state index is 5.78. The SMILES string of the molecule is CCNC(=NCc1ncc(C(C)(C)C)o1)NCCSc1ccccc1. The number of nitrogens with one attached hydrogen (secondary N) is 2. The van der Waals surface area contributed by atoms with E-state index in [1.807, 2.05) is 17.8 Å². The summed E-state index contributed by atoms with van der Waals surface area (Å²) < 4.78 is 5.78. The first kappa shape index (κ1) is 19.4. The second kappa shape index (κ2) is 9.51. The maximum Gasteiger partial charge on any atom is 0.216 e. The quantitative estimate of drug-likeness (QED) is 0.340. The van der Waals surface area contributed by atoms with Crippen molar-refractivity contribution >= 4 is 17.7 Å². The number of rotatable bonds is 7. The van der Waals surface area contributed by atoms with E-state index in [1.165, 1.54) is 4.90 Å². The van der Waals surface area contributed by atoms with E-state index in [2.05, 4.69) is 72.6 Å². The van der Waals surface area contributed by atoms with Crippen molar-refractivity contribution in [3.05, 3.63) is 48.2 Å². The topological polar surface area (TPSA) is 62.5 Å². The van der Waals surface area contributed by atoms with Crippen LogP contribution in [0, 0.1) is 0 Å². The number of benzene rings is 1. The first-order chi connectivity index (χ1) is 12.0. The zero-order chi connectivity index (χ0) is 18.1. The zero-order valence-corrected chi connectivity index (χ0v) is 16.3. The average Bonchev–Trinajstić information content (AvgIpc) is 3.07. The minimum absolute atomic E-state index is 0.0353. The Labute approximate surface area is 154 Å². The lowest BCUT2D eigenvalue weighted by Crippen LogP contribution is -2.38. The number of hydrogen-bond acceptors (Lipinski definition) is 4. The monoisotopic (exact) mass is 360 g/mol. The lowest BCUT2D eigenvalue weighted by Gasteiger charge is -2.13. The molecule has 0 saturated heterocycles.